The minimum atomic E-state index is -0.351. The van der Waals surface area contributed by atoms with Crippen molar-refractivity contribution in [3.63, 3.8) is 0 Å². The van der Waals surface area contributed by atoms with Crippen LogP contribution in [0.3, 0.4) is 0 Å². The van der Waals surface area contributed by atoms with Gasteiger partial charge in [0.05, 0.1) is 5.92 Å². The molecule has 0 saturated carbocycles. The fourth-order valence-electron chi connectivity index (χ4n) is 5.06. The number of amides is 1. The summed E-state index contributed by atoms with van der Waals surface area (Å²) in [7, 11) is 3.14. The summed E-state index contributed by atoms with van der Waals surface area (Å²) in [6.07, 6.45) is 3.79. The lowest BCUT2D eigenvalue weighted by molar-refractivity contribution is -0.125. The molecule has 1 N–H and O–H groups in total. The summed E-state index contributed by atoms with van der Waals surface area (Å²) in [6, 6.07) is 9.50. The molecule has 2 aromatic rings. The second-order valence-corrected chi connectivity index (χ2v) is 10.1. The van der Waals surface area contributed by atoms with E-state index in [1.165, 1.54) is 23.2 Å². The zero-order valence-corrected chi connectivity index (χ0v) is 20.8. The van der Waals surface area contributed by atoms with Gasteiger partial charge in [-0.25, -0.2) is 4.79 Å². The quantitative estimate of drug-likeness (QED) is 0.674. The minimum Gasteiger partial charge on any atom is -0.357 e. The number of likely N-dealkylation sites (tertiary alicyclic amines) is 1. The molecule has 2 fully saturated rings. The van der Waals surface area contributed by atoms with Gasteiger partial charge in [-0.05, 0) is 62.4 Å². The Morgan fingerprint density at radius 2 is 1.82 bits per heavy atom. The molecule has 4 rings (SSSR count). The number of benzene rings is 1. The van der Waals surface area contributed by atoms with Gasteiger partial charge >= 0.3 is 5.69 Å². The van der Waals surface area contributed by atoms with Gasteiger partial charge in [-0.2, -0.15) is 0 Å². The first-order valence-corrected chi connectivity index (χ1v) is 12.5. The molecule has 1 amide bonds. The average Bonchev–Trinajstić information content (AvgIpc) is 2.84. The number of halogens is 1. The maximum atomic E-state index is 12.9. The monoisotopic (exact) mass is 487 g/mol. The normalized spacial score (nSPS) is 19.9. The van der Waals surface area contributed by atoms with Gasteiger partial charge in [0.2, 0.25) is 5.91 Å². The van der Waals surface area contributed by atoms with E-state index in [1.807, 2.05) is 23.1 Å². The fraction of sp³-hybridized carbons (Fsp3) is 0.560. The lowest BCUT2D eigenvalue weighted by atomic mass is 9.94. The SMILES string of the molecule is Cn1c(N2CCCC(C(=O)NCC3CCN(Cc4cccc(Cl)c4)CC3)C2)cc(=O)n(C)c1=O. The highest BCUT2D eigenvalue weighted by atomic mass is 35.5. The van der Waals surface area contributed by atoms with E-state index in [4.69, 9.17) is 11.6 Å². The van der Waals surface area contributed by atoms with Gasteiger partial charge in [-0.1, -0.05) is 23.7 Å². The van der Waals surface area contributed by atoms with Gasteiger partial charge in [0, 0.05) is 51.4 Å². The van der Waals surface area contributed by atoms with E-state index >= 15 is 0 Å². The van der Waals surface area contributed by atoms with Crippen molar-refractivity contribution in [3.8, 4) is 0 Å². The Labute approximate surface area is 205 Å². The highest BCUT2D eigenvalue weighted by molar-refractivity contribution is 6.30. The van der Waals surface area contributed by atoms with Gasteiger partial charge in [0.15, 0.2) is 0 Å². The van der Waals surface area contributed by atoms with Crippen LogP contribution in [0.4, 0.5) is 5.82 Å². The van der Waals surface area contributed by atoms with E-state index in [-0.39, 0.29) is 23.1 Å². The average molecular weight is 488 g/mol. The van der Waals surface area contributed by atoms with Crippen LogP contribution in [0.5, 0.6) is 0 Å². The summed E-state index contributed by atoms with van der Waals surface area (Å²) in [4.78, 5) is 41.8. The lowest BCUT2D eigenvalue weighted by Crippen LogP contribution is -2.47. The second kappa shape index (κ2) is 10.8. The van der Waals surface area contributed by atoms with Gasteiger partial charge in [0.1, 0.15) is 5.82 Å². The topological polar surface area (TPSA) is 79.6 Å². The van der Waals surface area contributed by atoms with Gasteiger partial charge in [-0.15, -0.1) is 0 Å². The molecular weight excluding hydrogens is 454 g/mol. The second-order valence-electron chi connectivity index (χ2n) is 9.62. The predicted octanol–water partition coefficient (Wildman–Crippen LogP) is 1.98. The molecule has 0 radical (unpaired) electrons. The molecule has 2 aliphatic heterocycles. The van der Waals surface area contributed by atoms with Crippen molar-refractivity contribution in [2.45, 2.75) is 32.2 Å². The molecule has 2 aliphatic rings. The molecule has 0 aliphatic carbocycles. The molecule has 1 unspecified atom stereocenters. The smallest absolute Gasteiger partial charge is 0.332 e. The van der Waals surface area contributed by atoms with E-state index in [1.54, 1.807) is 7.05 Å². The van der Waals surface area contributed by atoms with Gasteiger partial charge in [-0.3, -0.25) is 23.6 Å². The van der Waals surface area contributed by atoms with Crippen molar-refractivity contribution >= 4 is 23.3 Å². The lowest BCUT2D eigenvalue weighted by Gasteiger charge is -2.35. The molecule has 0 bridgehead atoms. The summed E-state index contributed by atoms with van der Waals surface area (Å²) in [5.74, 6) is 0.991. The molecule has 3 heterocycles. The number of nitrogens with zero attached hydrogens (tertiary/aromatic N) is 4. The number of hydrogen-bond donors (Lipinski definition) is 1. The third kappa shape index (κ3) is 5.73. The van der Waals surface area contributed by atoms with Crippen LogP contribution in [0.1, 0.15) is 31.2 Å². The van der Waals surface area contributed by atoms with Crippen LogP contribution in [0, 0.1) is 11.8 Å². The highest BCUT2D eigenvalue weighted by Crippen LogP contribution is 2.23. The molecule has 0 spiro atoms. The molecular formula is C25H34ClN5O3. The molecule has 1 aromatic carbocycles. The number of carbonyl (C=O) groups excluding carboxylic acids is 1. The van der Waals surface area contributed by atoms with Crippen LogP contribution in [0.15, 0.2) is 39.9 Å². The maximum Gasteiger partial charge on any atom is 0.332 e. The zero-order valence-electron chi connectivity index (χ0n) is 20.0. The van der Waals surface area contributed by atoms with Crippen LogP contribution in [-0.2, 0) is 25.4 Å². The Morgan fingerprint density at radius 3 is 2.56 bits per heavy atom. The Hall–Kier alpha value is -2.58. The zero-order chi connectivity index (χ0) is 24.2. The Morgan fingerprint density at radius 1 is 1.06 bits per heavy atom. The van der Waals surface area contributed by atoms with E-state index in [2.05, 4.69) is 16.3 Å². The Kier molecular flexibility index (Phi) is 7.78. The molecule has 8 nitrogen and oxygen atoms in total. The number of hydrogen-bond acceptors (Lipinski definition) is 5. The number of carbonyl (C=O) groups is 1. The highest BCUT2D eigenvalue weighted by Gasteiger charge is 2.28. The van der Waals surface area contributed by atoms with Crippen molar-refractivity contribution in [1.82, 2.24) is 19.4 Å². The van der Waals surface area contributed by atoms with E-state index in [0.29, 0.717) is 24.8 Å². The van der Waals surface area contributed by atoms with Crippen molar-refractivity contribution in [2.24, 2.45) is 25.9 Å². The maximum absolute atomic E-state index is 12.9. The summed E-state index contributed by atoms with van der Waals surface area (Å²) >= 11 is 6.10. The van der Waals surface area contributed by atoms with Crippen molar-refractivity contribution in [3.05, 3.63) is 61.8 Å². The molecule has 1 atom stereocenters. The predicted molar refractivity (Wildman–Crippen MR) is 134 cm³/mol. The van der Waals surface area contributed by atoms with E-state index in [0.717, 1.165) is 61.5 Å². The standard InChI is InChI=1S/C25H34ClN5O3/c1-28-22(14-23(32)29(2)25(28)34)31-10-4-6-20(17-31)24(33)27-15-18-8-11-30(12-9-18)16-19-5-3-7-21(26)13-19/h3,5,7,13-14,18,20H,4,6,8-12,15-17H2,1-2H3,(H,27,33). The summed E-state index contributed by atoms with van der Waals surface area (Å²) in [6.45, 7) is 4.88. The summed E-state index contributed by atoms with van der Waals surface area (Å²) < 4.78 is 2.58. The van der Waals surface area contributed by atoms with Crippen LogP contribution < -0.4 is 21.5 Å². The van der Waals surface area contributed by atoms with E-state index < -0.39 is 0 Å². The van der Waals surface area contributed by atoms with Crippen LogP contribution in [0.25, 0.3) is 0 Å². The van der Waals surface area contributed by atoms with Gasteiger partial charge in [0.25, 0.3) is 5.56 Å². The first-order valence-electron chi connectivity index (χ1n) is 12.1. The van der Waals surface area contributed by atoms with Crippen LogP contribution in [0.2, 0.25) is 5.02 Å². The summed E-state index contributed by atoms with van der Waals surface area (Å²) in [5, 5.41) is 3.95. The number of aromatic nitrogens is 2. The number of anilines is 1. The van der Waals surface area contributed by atoms with Crippen LogP contribution >= 0.6 is 11.6 Å². The molecule has 9 heteroatoms. The van der Waals surface area contributed by atoms with Gasteiger partial charge < -0.3 is 10.2 Å². The Balaban J connectivity index is 1.26. The van der Waals surface area contributed by atoms with Crippen molar-refractivity contribution < 1.29 is 4.79 Å². The molecule has 184 valence electrons. The molecule has 1 aromatic heterocycles. The van der Waals surface area contributed by atoms with Crippen molar-refractivity contribution in [2.75, 3.05) is 37.6 Å². The first-order chi connectivity index (χ1) is 16.3. The summed E-state index contributed by atoms with van der Waals surface area (Å²) in [5.41, 5.74) is 0.553. The number of piperidine rings is 2. The van der Waals surface area contributed by atoms with Crippen molar-refractivity contribution in [1.29, 1.82) is 0 Å². The third-order valence-corrected chi connectivity index (χ3v) is 7.42. The Bertz CT molecular complexity index is 1140. The third-order valence-electron chi connectivity index (χ3n) is 7.18. The number of nitrogens with one attached hydrogen (secondary N) is 1. The number of rotatable bonds is 6. The fourth-order valence-corrected chi connectivity index (χ4v) is 5.27. The largest absolute Gasteiger partial charge is 0.357 e. The van der Waals surface area contributed by atoms with E-state index in [9.17, 15) is 14.4 Å². The first kappa shape index (κ1) is 24.5. The molecule has 2 saturated heterocycles. The minimum absolute atomic E-state index is 0.0693. The van der Waals surface area contributed by atoms with Crippen LogP contribution in [-0.4, -0.2) is 52.7 Å². The molecule has 34 heavy (non-hydrogen) atoms.